The summed E-state index contributed by atoms with van der Waals surface area (Å²) in [6.45, 7) is 0.755. The van der Waals surface area contributed by atoms with Gasteiger partial charge in [0.05, 0.1) is 16.6 Å². The summed E-state index contributed by atoms with van der Waals surface area (Å²) in [5.41, 5.74) is 1.59. The lowest BCUT2D eigenvalue weighted by Crippen LogP contribution is -2.53. The van der Waals surface area contributed by atoms with Crippen molar-refractivity contribution in [3.63, 3.8) is 0 Å². The fourth-order valence-corrected chi connectivity index (χ4v) is 9.75. The molecule has 3 heterocycles. The number of thioether (sulfide) groups is 1. The smallest absolute Gasteiger partial charge is 0.248 e. The molecule has 2 aromatic carbocycles. The Hall–Kier alpha value is -2.07. The monoisotopic (exact) mass is 605 g/mol. The Kier molecular flexibility index (Phi) is 7.86. The maximum absolute atomic E-state index is 13.9. The van der Waals surface area contributed by atoms with E-state index in [4.69, 9.17) is 11.6 Å². The predicted molar refractivity (Wildman–Crippen MR) is 149 cm³/mol. The number of anilines is 1. The van der Waals surface area contributed by atoms with E-state index < -0.39 is 22.6 Å². The molecule has 3 aliphatic heterocycles. The highest BCUT2D eigenvalue weighted by Gasteiger charge is 2.75. The van der Waals surface area contributed by atoms with Crippen molar-refractivity contribution in [2.24, 2.45) is 11.8 Å². The van der Waals surface area contributed by atoms with E-state index in [0.717, 1.165) is 5.56 Å². The lowest BCUT2D eigenvalue weighted by molar-refractivity contribution is -0.139. The van der Waals surface area contributed by atoms with Gasteiger partial charge in [0.15, 0.2) is 0 Å². The number of hydrogen-bond donors (Lipinski definition) is 3. The molecule has 10 heteroatoms. The molecule has 2 aromatic rings. The third kappa shape index (κ3) is 4.91. The Bertz CT molecular complexity index is 1170. The summed E-state index contributed by atoms with van der Waals surface area (Å²) >= 11 is 11.4. The SMILES string of the molecule is O=C(Nc1ccc(Cl)cc1)C1N(CCCCO)C(=O)[C@@H]2[C@@H](C(=O)NCc3ccccc3)[C@@H]3SC12CC3Br. The standard InChI is InChI=1S/C27H29BrClN3O4S/c28-19-14-27-21(20(22(19)37-27)24(34)30-15-16-6-2-1-3-7-16)26(36)32(12-4-5-13-33)23(27)25(35)31-18-10-8-17(29)9-11-18/h1-3,6-11,19-23,33H,4-5,12-15H2,(H,30,34)(H,31,35)/t19?,20-,21+,22-,23?,27?/m1/s1. The van der Waals surface area contributed by atoms with Gasteiger partial charge in [0.2, 0.25) is 17.7 Å². The molecular formula is C27H29BrClN3O4S. The molecule has 3 saturated heterocycles. The van der Waals surface area contributed by atoms with E-state index in [1.165, 1.54) is 0 Å². The van der Waals surface area contributed by atoms with Gasteiger partial charge in [-0.15, -0.1) is 11.8 Å². The molecule has 3 unspecified atom stereocenters. The molecule has 3 fully saturated rings. The first-order chi connectivity index (χ1) is 17.9. The maximum atomic E-state index is 13.9. The van der Waals surface area contributed by atoms with E-state index in [-0.39, 0.29) is 34.4 Å². The lowest BCUT2D eigenvalue weighted by Gasteiger charge is -2.35. The van der Waals surface area contributed by atoms with E-state index in [1.807, 2.05) is 30.3 Å². The summed E-state index contributed by atoms with van der Waals surface area (Å²) in [6.07, 6.45) is 1.73. The number of aliphatic hydroxyl groups excluding tert-OH is 1. The van der Waals surface area contributed by atoms with Crippen LogP contribution in [0.1, 0.15) is 24.8 Å². The predicted octanol–water partition coefficient (Wildman–Crippen LogP) is 3.83. The molecule has 6 atom stereocenters. The van der Waals surface area contributed by atoms with E-state index in [1.54, 1.807) is 40.9 Å². The number of carbonyl (C=O) groups excluding carboxylic acids is 3. The van der Waals surface area contributed by atoms with Crippen LogP contribution in [-0.2, 0) is 20.9 Å². The first-order valence-corrected chi connectivity index (χ1v) is 14.6. The minimum atomic E-state index is -0.721. The van der Waals surface area contributed by atoms with Crippen molar-refractivity contribution in [3.8, 4) is 0 Å². The number of nitrogens with one attached hydrogen (secondary N) is 2. The van der Waals surface area contributed by atoms with Gasteiger partial charge in [0.1, 0.15) is 6.04 Å². The molecule has 2 bridgehead atoms. The third-order valence-electron chi connectivity index (χ3n) is 7.57. The van der Waals surface area contributed by atoms with Crippen LogP contribution < -0.4 is 10.6 Å². The normalized spacial score (nSPS) is 29.9. The highest BCUT2D eigenvalue weighted by atomic mass is 79.9. The summed E-state index contributed by atoms with van der Waals surface area (Å²) in [5.74, 6) is -1.68. The average molecular weight is 607 g/mol. The zero-order valence-corrected chi connectivity index (χ0v) is 23.3. The number of carbonyl (C=O) groups is 3. The van der Waals surface area contributed by atoms with E-state index >= 15 is 0 Å². The van der Waals surface area contributed by atoms with Gasteiger partial charge in [-0.1, -0.05) is 57.9 Å². The number of nitrogens with zero attached hydrogens (tertiary/aromatic N) is 1. The maximum Gasteiger partial charge on any atom is 0.248 e. The number of fused-ring (bicyclic) bond motifs is 1. The Morgan fingerprint density at radius 1 is 1.11 bits per heavy atom. The summed E-state index contributed by atoms with van der Waals surface area (Å²) in [7, 11) is 0. The average Bonchev–Trinajstić information content (AvgIpc) is 3.48. The summed E-state index contributed by atoms with van der Waals surface area (Å²) in [5, 5.41) is 15.8. The number of alkyl halides is 1. The van der Waals surface area contributed by atoms with Crippen LogP contribution in [0.4, 0.5) is 5.69 Å². The van der Waals surface area contributed by atoms with Crippen molar-refractivity contribution in [1.29, 1.82) is 0 Å². The van der Waals surface area contributed by atoms with E-state index in [9.17, 15) is 19.5 Å². The van der Waals surface area contributed by atoms with Gasteiger partial charge in [-0.2, -0.15) is 0 Å². The summed E-state index contributed by atoms with van der Waals surface area (Å²) in [6, 6.07) is 15.8. The van der Waals surface area contributed by atoms with Crippen molar-refractivity contribution in [2.75, 3.05) is 18.5 Å². The van der Waals surface area contributed by atoms with Gasteiger partial charge >= 0.3 is 0 Å². The fraction of sp³-hybridized carbons (Fsp3) is 0.444. The van der Waals surface area contributed by atoms with Crippen LogP contribution in [0.2, 0.25) is 5.02 Å². The summed E-state index contributed by atoms with van der Waals surface area (Å²) < 4.78 is -0.708. The third-order valence-corrected chi connectivity index (χ3v) is 11.0. The molecule has 3 aliphatic rings. The number of likely N-dealkylation sites (tertiary alicyclic amines) is 1. The Morgan fingerprint density at radius 3 is 2.54 bits per heavy atom. The van der Waals surface area contributed by atoms with Gasteiger partial charge in [0, 0.05) is 40.5 Å². The number of benzene rings is 2. The molecule has 0 aliphatic carbocycles. The number of amides is 3. The highest BCUT2D eigenvalue weighted by molar-refractivity contribution is 9.09. The zero-order valence-electron chi connectivity index (χ0n) is 20.1. The lowest BCUT2D eigenvalue weighted by atomic mass is 9.70. The molecule has 0 saturated carbocycles. The van der Waals surface area contributed by atoms with Crippen LogP contribution in [0.15, 0.2) is 54.6 Å². The second-order valence-corrected chi connectivity index (χ2v) is 13.0. The molecular weight excluding hydrogens is 578 g/mol. The molecule has 0 radical (unpaired) electrons. The molecule has 3 N–H and O–H groups in total. The number of unbranched alkanes of at least 4 members (excludes halogenated alkanes) is 1. The summed E-state index contributed by atoms with van der Waals surface area (Å²) in [4.78, 5) is 42.9. The van der Waals surface area contributed by atoms with Gasteiger partial charge in [0.25, 0.3) is 0 Å². The van der Waals surface area contributed by atoms with Crippen LogP contribution in [0, 0.1) is 11.8 Å². The number of hydrogen-bond acceptors (Lipinski definition) is 5. The first kappa shape index (κ1) is 26.5. The quantitative estimate of drug-likeness (QED) is 0.298. The second-order valence-electron chi connectivity index (χ2n) is 9.83. The first-order valence-electron chi connectivity index (χ1n) is 12.5. The van der Waals surface area contributed by atoms with E-state index in [2.05, 4.69) is 26.6 Å². The topological polar surface area (TPSA) is 98.7 Å². The van der Waals surface area contributed by atoms with Crippen LogP contribution in [0.5, 0.6) is 0 Å². The van der Waals surface area contributed by atoms with Crippen molar-refractivity contribution in [1.82, 2.24) is 10.2 Å². The number of rotatable bonds is 9. The second kappa shape index (κ2) is 11.0. The minimum Gasteiger partial charge on any atom is -0.396 e. The van der Waals surface area contributed by atoms with Crippen LogP contribution in [0.25, 0.3) is 0 Å². The highest BCUT2D eigenvalue weighted by Crippen LogP contribution is 2.67. The Balaban J connectivity index is 1.43. The Morgan fingerprint density at radius 2 is 1.84 bits per heavy atom. The van der Waals surface area contributed by atoms with Crippen LogP contribution >= 0.6 is 39.3 Å². The molecule has 3 amide bonds. The fourth-order valence-electron chi connectivity index (χ4n) is 6.01. The van der Waals surface area contributed by atoms with E-state index in [0.29, 0.717) is 43.1 Å². The van der Waals surface area contributed by atoms with Crippen LogP contribution in [0.3, 0.4) is 0 Å². The molecule has 0 aromatic heterocycles. The van der Waals surface area contributed by atoms with Gasteiger partial charge in [-0.3, -0.25) is 14.4 Å². The minimum absolute atomic E-state index is 0.0113. The van der Waals surface area contributed by atoms with Crippen molar-refractivity contribution in [2.45, 2.75) is 46.7 Å². The van der Waals surface area contributed by atoms with Crippen molar-refractivity contribution >= 4 is 62.7 Å². The zero-order chi connectivity index (χ0) is 26.2. The molecule has 1 spiro atoms. The Labute approximate surface area is 233 Å². The molecule has 5 rings (SSSR count). The van der Waals surface area contributed by atoms with Crippen molar-refractivity contribution < 1.29 is 19.5 Å². The molecule has 7 nitrogen and oxygen atoms in total. The number of aliphatic hydroxyl groups is 1. The molecule has 196 valence electrons. The number of halogens is 2. The van der Waals surface area contributed by atoms with Gasteiger partial charge in [-0.05, 0) is 49.1 Å². The van der Waals surface area contributed by atoms with Crippen LogP contribution in [-0.4, -0.2) is 61.7 Å². The largest absolute Gasteiger partial charge is 0.396 e. The van der Waals surface area contributed by atoms with Gasteiger partial charge < -0.3 is 20.6 Å². The van der Waals surface area contributed by atoms with Crippen molar-refractivity contribution in [3.05, 3.63) is 65.2 Å². The van der Waals surface area contributed by atoms with Gasteiger partial charge in [-0.25, -0.2) is 0 Å². The molecule has 37 heavy (non-hydrogen) atoms.